The minimum Gasteiger partial charge on any atom is -0.330 e. The quantitative estimate of drug-likeness (QED) is 0.783. The Morgan fingerprint density at radius 3 is 2.94 bits per heavy atom. The van der Waals surface area contributed by atoms with Crippen LogP contribution in [0, 0.1) is 0 Å². The van der Waals surface area contributed by atoms with Gasteiger partial charge in [-0.2, -0.15) is 0 Å². The molecule has 0 spiro atoms. The fraction of sp³-hybridized carbons (Fsp3) is 0.583. The van der Waals surface area contributed by atoms with E-state index in [1.54, 1.807) is 4.68 Å². The molecule has 0 amide bonds. The summed E-state index contributed by atoms with van der Waals surface area (Å²) >= 11 is 0. The van der Waals surface area contributed by atoms with E-state index in [1.165, 1.54) is 18.5 Å². The van der Waals surface area contributed by atoms with Gasteiger partial charge in [0.15, 0.2) is 0 Å². The second kappa shape index (κ2) is 3.27. The van der Waals surface area contributed by atoms with E-state index < -0.39 is 0 Å². The van der Waals surface area contributed by atoms with Crippen LogP contribution in [-0.2, 0) is 13.0 Å². The van der Waals surface area contributed by atoms with E-state index in [0.717, 1.165) is 24.0 Å². The molecule has 86 valence electrons. The highest BCUT2D eigenvalue weighted by molar-refractivity contribution is 5.77. The Labute approximate surface area is 93.8 Å². The number of hydrogen-bond donors (Lipinski definition) is 1. The lowest BCUT2D eigenvalue weighted by Crippen LogP contribution is -2.19. The van der Waals surface area contributed by atoms with Gasteiger partial charge in [0.1, 0.15) is 5.65 Å². The molecule has 0 radical (unpaired) electrons. The number of hydrogen-bond acceptors (Lipinski definition) is 1. The molecular weight excluding hydrogens is 202 g/mol. The summed E-state index contributed by atoms with van der Waals surface area (Å²) in [6, 6.07) is 2.26. The molecule has 3 rings (SSSR count). The van der Waals surface area contributed by atoms with Gasteiger partial charge in [0, 0.05) is 18.3 Å². The van der Waals surface area contributed by atoms with Crippen molar-refractivity contribution in [2.45, 2.75) is 45.7 Å². The largest absolute Gasteiger partial charge is 0.330 e. The average Bonchev–Trinajstić information content (AvgIpc) is 2.76. The second-order valence-corrected chi connectivity index (χ2v) is 4.89. The van der Waals surface area contributed by atoms with Crippen LogP contribution >= 0.6 is 0 Å². The molecule has 1 N–H and O–H groups in total. The Balaban J connectivity index is 2.29. The summed E-state index contributed by atoms with van der Waals surface area (Å²) in [5, 5.41) is 4.09. The molecule has 0 atom stereocenters. The second-order valence-electron chi connectivity index (χ2n) is 4.89. The van der Waals surface area contributed by atoms with Gasteiger partial charge in [0.2, 0.25) is 0 Å². The van der Waals surface area contributed by atoms with Gasteiger partial charge in [-0.15, -0.1) is 0 Å². The van der Waals surface area contributed by atoms with Crippen molar-refractivity contribution in [3.05, 3.63) is 22.1 Å². The Morgan fingerprint density at radius 2 is 2.19 bits per heavy atom. The minimum atomic E-state index is 0.118. The first-order chi connectivity index (χ1) is 7.68. The Bertz CT molecular complexity index is 585. The van der Waals surface area contributed by atoms with Crippen molar-refractivity contribution < 1.29 is 0 Å². The first kappa shape index (κ1) is 9.75. The highest BCUT2D eigenvalue weighted by Crippen LogP contribution is 2.22. The molecule has 16 heavy (non-hydrogen) atoms. The van der Waals surface area contributed by atoms with Crippen molar-refractivity contribution in [2.24, 2.45) is 0 Å². The molecule has 0 saturated heterocycles. The van der Waals surface area contributed by atoms with Crippen LogP contribution in [0.4, 0.5) is 0 Å². The van der Waals surface area contributed by atoms with Gasteiger partial charge in [-0.1, -0.05) is 0 Å². The van der Waals surface area contributed by atoms with E-state index >= 15 is 0 Å². The molecule has 0 unspecified atom stereocenters. The highest BCUT2D eigenvalue weighted by Gasteiger charge is 2.18. The van der Waals surface area contributed by atoms with E-state index in [2.05, 4.69) is 15.7 Å². The first-order valence-electron chi connectivity index (χ1n) is 6.01. The van der Waals surface area contributed by atoms with Crippen molar-refractivity contribution in [1.29, 1.82) is 0 Å². The summed E-state index contributed by atoms with van der Waals surface area (Å²) < 4.78 is 3.98. The first-order valence-corrected chi connectivity index (χ1v) is 6.01. The van der Waals surface area contributed by atoms with E-state index in [4.69, 9.17) is 0 Å². The lowest BCUT2D eigenvalue weighted by molar-refractivity contribution is 0.505. The molecule has 0 aliphatic carbocycles. The zero-order valence-electron chi connectivity index (χ0n) is 9.79. The molecule has 2 aromatic rings. The Kier molecular flexibility index (Phi) is 1.99. The van der Waals surface area contributed by atoms with Crippen molar-refractivity contribution in [2.75, 3.05) is 0 Å². The lowest BCUT2D eigenvalue weighted by atomic mass is 10.1. The summed E-state index contributed by atoms with van der Waals surface area (Å²) in [4.78, 5) is 12.1. The van der Waals surface area contributed by atoms with E-state index in [1.807, 2.05) is 13.8 Å². The predicted molar refractivity (Wildman–Crippen MR) is 63.9 cm³/mol. The molecule has 1 aliphatic rings. The number of aromatic amines is 1. The number of H-pyrrole nitrogens is 1. The Morgan fingerprint density at radius 1 is 1.38 bits per heavy atom. The van der Waals surface area contributed by atoms with Crippen molar-refractivity contribution in [1.82, 2.24) is 14.3 Å². The Hall–Kier alpha value is -1.45. The maximum absolute atomic E-state index is 12.1. The third-order valence-corrected chi connectivity index (χ3v) is 3.44. The van der Waals surface area contributed by atoms with Crippen LogP contribution in [0.1, 0.15) is 38.4 Å². The fourth-order valence-corrected chi connectivity index (χ4v) is 2.58. The van der Waals surface area contributed by atoms with Gasteiger partial charge in [0.25, 0.3) is 5.56 Å². The van der Waals surface area contributed by atoms with Gasteiger partial charge in [0.05, 0.1) is 5.39 Å². The topological polar surface area (TPSA) is 42.7 Å². The van der Waals surface area contributed by atoms with Crippen LogP contribution in [0.5, 0.6) is 0 Å². The normalized spacial score (nSPS) is 15.9. The van der Waals surface area contributed by atoms with E-state index in [-0.39, 0.29) is 11.6 Å². The molecule has 0 aromatic carbocycles. The van der Waals surface area contributed by atoms with Gasteiger partial charge >= 0.3 is 0 Å². The van der Waals surface area contributed by atoms with Crippen molar-refractivity contribution in [3.63, 3.8) is 0 Å². The van der Waals surface area contributed by atoms with Gasteiger partial charge in [-0.25, -0.2) is 4.68 Å². The number of aromatic nitrogens is 3. The molecule has 4 nitrogen and oxygen atoms in total. The standard InChI is InChI=1S/C12H17N3O/c1-8(2)15-12(16)10-7-9-5-3-4-6-14(9)11(10)13-15/h7-8,13H,3-6H2,1-2H3. The van der Waals surface area contributed by atoms with Gasteiger partial charge < -0.3 is 4.57 Å². The third-order valence-electron chi connectivity index (χ3n) is 3.44. The van der Waals surface area contributed by atoms with Crippen LogP contribution in [-0.4, -0.2) is 14.3 Å². The van der Waals surface area contributed by atoms with Crippen LogP contribution < -0.4 is 5.56 Å². The molecule has 1 aliphatic heterocycles. The lowest BCUT2D eigenvalue weighted by Gasteiger charge is -2.15. The maximum atomic E-state index is 12.1. The summed E-state index contributed by atoms with van der Waals surface area (Å²) in [7, 11) is 0. The maximum Gasteiger partial charge on any atom is 0.276 e. The summed E-state index contributed by atoms with van der Waals surface area (Å²) in [5.74, 6) is 0. The van der Waals surface area contributed by atoms with Crippen LogP contribution in [0.15, 0.2) is 10.9 Å². The molecule has 4 heteroatoms. The van der Waals surface area contributed by atoms with Gasteiger partial charge in [-0.05, 0) is 39.2 Å². The molecule has 0 saturated carbocycles. The van der Waals surface area contributed by atoms with Gasteiger partial charge in [-0.3, -0.25) is 9.89 Å². The molecular formula is C12H17N3O. The van der Waals surface area contributed by atoms with E-state index in [9.17, 15) is 4.79 Å². The zero-order chi connectivity index (χ0) is 11.3. The highest BCUT2D eigenvalue weighted by atomic mass is 16.1. The minimum absolute atomic E-state index is 0.118. The number of fused-ring (bicyclic) bond motifs is 3. The monoisotopic (exact) mass is 219 g/mol. The number of aryl methyl sites for hydroxylation is 2. The molecule has 0 fully saturated rings. The van der Waals surface area contributed by atoms with Crippen LogP contribution in [0.2, 0.25) is 0 Å². The third kappa shape index (κ3) is 1.19. The summed E-state index contributed by atoms with van der Waals surface area (Å²) in [5.41, 5.74) is 2.43. The smallest absolute Gasteiger partial charge is 0.276 e. The number of rotatable bonds is 1. The molecule has 3 heterocycles. The summed E-state index contributed by atoms with van der Waals surface area (Å²) in [6.45, 7) is 5.08. The zero-order valence-corrected chi connectivity index (χ0v) is 9.79. The average molecular weight is 219 g/mol. The number of nitrogens with one attached hydrogen (secondary N) is 1. The van der Waals surface area contributed by atoms with Crippen LogP contribution in [0.25, 0.3) is 11.0 Å². The van der Waals surface area contributed by atoms with Crippen LogP contribution in [0.3, 0.4) is 0 Å². The van der Waals surface area contributed by atoms with Crippen molar-refractivity contribution in [3.8, 4) is 0 Å². The van der Waals surface area contributed by atoms with Crippen molar-refractivity contribution >= 4 is 11.0 Å². The molecule has 0 bridgehead atoms. The summed E-state index contributed by atoms with van der Waals surface area (Å²) in [6.07, 6.45) is 3.56. The number of nitrogens with zero attached hydrogens (tertiary/aromatic N) is 2. The SMILES string of the molecule is CC(C)n1[nH]c2c(cc3n2CCCC3)c1=O. The van der Waals surface area contributed by atoms with E-state index in [0.29, 0.717) is 0 Å². The predicted octanol–water partition coefficient (Wildman–Crippen LogP) is 2.05. The fourth-order valence-electron chi connectivity index (χ4n) is 2.58. The molecule has 2 aromatic heterocycles.